The van der Waals surface area contributed by atoms with Gasteiger partial charge in [-0.05, 0) is 28.8 Å². The summed E-state index contributed by atoms with van der Waals surface area (Å²) < 4.78 is 8.44. The van der Waals surface area contributed by atoms with Crippen molar-refractivity contribution in [1.29, 1.82) is 0 Å². The van der Waals surface area contributed by atoms with Gasteiger partial charge in [0.15, 0.2) is 6.04 Å². The fourth-order valence-corrected chi connectivity index (χ4v) is 4.19. The summed E-state index contributed by atoms with van der Waals surface area (Å²) in [5.74, 6) is 0.452. The van der Waals surface area contributed by atoms with Gasteiger partial charge in [0.2, 0.25) is 0 Å². The molecule has 0 saturated heterocycles. The Bertz CT molecular complexity index is 1340. The molecular formula is C28H25NO. The molecule has 0 N–H and O–H groups in total. The molecular weight excluding hydrogens is 366 g/mol. The van der Waals surface area contributed by atoms with Crippen LogP contribution in [0.4, 0.5) is 0 Å². The number of hydrogen-bond acceptors (Lipinski definition) is 0. The number of nitrogens with zero attached hydrogens (tertiary/aromatic N) is 1. The zero-order valence-corrected chi connectivity index (χ0v) is 17.6. The number of aryl methyl sites for hydroxylation is 1. The number of fused-ring (bicyclic) bond motifs is 3. The van der Waals surface area contributed by atoms with Gasteiger partial charge in [0.05, 0.1) is 12.3 Å². The lowest BCUT2D eigenvalue weighted by Gasteiger charge is -2.21. The Morgan fingerprint density at radius 3 is 2.53 bits per heavy atom. The molecule has 0 fully saturated rings. The molecule has 1 aliphatic heterocycles. The second-order valence-corrected chi connectivity index (χ2v) is 8.28. The van der Waals surface area contributed by atoms with Crippen LogP contribution in [0.15, 0.2) is 89.0 Å². The molecule has 0 radical (unpaired) electrons. The fraction of sp³-hybridized carbons (Fsp3) is 0.143. The van der Waals surface area contributed by atoms with E-state index in [0.717, 1.165) is 39.1 Å². The van der Waals surface area contributed by atoms with Crippen LogP contribution in [0.1, 0.15) is 25.0 Å². The summed E-state index contributed by atoms with van der Waals surface area (Å²) in [6.45, 7) is 10.8. The maximum atomic E-state index is 6.50. The van der Waals surface area contributed by atoms with Gasteiger partial charge in [0, 0.05) is 0 Å². The number of benzene rings is 3. The predicted octanol–water partition coefficient (Wildman–Crippen LogP) is 7.26. The monoisotopic (exact) mass is 391 g/mol. The van der Waals surface area contributed by atoms with E-state index in [1.807, 2.05) is 16.8 Å². The molecule has 2 heteroatoms. The first-order chi connectivity index (χ1) is 14.5. The molecule has 1 aliphatic rings. The fourth-order valence-electron chi connectivity index (χ4n) is 4.19. The van der Waals surface area contributed by atoms with Gasteiger partial charge in [0.1, 0.15) is 6.20 Å². The molecule has 0 aliphatic carbocycles. The molecule has 0 atom stereocenters. The highest BCUT2D eigenvalue weighted by Gasteiger charge is 2.27. The first-order valence-electron chi connectivity index (χ1n) is 10.4. The number of allylic oxidation sites excluding steroid dienone is 2. The van der Waals surface area contributed by atoms with E-state index in [1.165, 1.54) is 16.7 Å². The molecule has 0 amide bonds. The van der Waals surface area contributed by atoms with Crippen LogP contribution in [0.2, 0.25) is 0 Å². The van der Waals surface area contributed by atoms with Gasteiger partial charge in [-0.25, -0.2) is 0 Å². The average molecular weight is 392 g/mol. The van der Waals surface area contributed by atoms with E-state index >= 15 is 0 Å². The summed E-state index contributed by atoms with van der Waals surface area (Å²) in [6.07, 6.45) is 6.42. The average Bonchev–Trinajstić information content (AvgIpc) is 3.12. The minimum absolute atomic E-state index is 0.452. The van der Waals surface area contributed by atoms with Crippen LogP contribution >= 0.6 is 0 Å². The molecule has 1 aromatic heterocycles. The van der Waals surface area contributed by atoms with Crippen molar-refractivity contribution in [2.24, 2.45) is 5.92 Å². The first-order valence-corrected chi connectivity index (χ1v) is 10.4. The Labute approximate surface area is 177 Å². The Kier molecular flexibility index (Phi) is 4.36. The third-order valence-electron chi connectivity index (χ3n) is 5.94. The van der Waals surface area contributed by atoms with Crippen LogP contribution in [0.25, 0.3) is 33.1 Å². The first kappa shape index (κ1) is 18.5. The second-order valence-electron chi connectivity index (χ2n) is 8.28. The molecule has 148 valence electrons. The summed E-state index contributed by atoms with van der Waals surface area (Å²) in [7, 11) is 0. The lowest BCUT2D eigenvalue weighted by Crippen LogP contribution is -2.17. The van der Waals surface area contributed by atoms with Crippen LogP contribution in [-0.2, 0) is 0 Å². The van der Waals surface area contributed by atoms with Gasteiger partial charge in [-0.1, -0.05) is 91.6 Å². The number of rotatable bonds is 3. The Morgan fingerprint density at radius 1 is 0.967 bits per heavy atom. The highest BCUT2D eigenvalue weighted by Crippen LogP contribution is 2.39. The van der Waals surface area contributed by atoms with Crippen molar-refractivity contribution >= 4 is 28.7 Å². The molecule has 3 aromatic carbocycles. The van der Waals surface area contributed by atoms with Crippen LogP contribution in [-0.4, -0.2) is 11.3 Å². The van der Waals surface area contributed by atoms with Gasteiger partial charge in [-0.3, -0.25) is 8.99 Å². The maximum absolute atomic E-state index is 6.50. The minimum atomic E-state index is 0.452. The summed E-state index contributed by atoms with van der Waals surface area (Å²) in [5, 5.41) is 2.28. The highest BCUT2D eigenvalue weighted by molar-refractivity contribution is 6.07. The summed E-state index contributed by atoms with van der Waals surface area (Å²) >= 11 is 0. The van der Waals surface area contributed by atoms with Gasteiger partial charge in [-0.15, -0.1) is 12.1 Å². The van der Waals surface area contributed by atoms with E-state index in [4.69, 9.17) is 4.42 Å². The molecule has 4 aromatic rings. The minimum Gasteiger partial charge on any atom is -0.286 e. The largest absolute Gasteiger partial charge is 0.286 e. The van der Waals surface area contributed by atoms with E-state index in [2.05, 4.69) is 94.2 Å². The van der Waals surface area contributed by atoms with E-state index in [1.54, 1.807) is 0 Å². The van der Waals surface area contributed by atoms with E-state index < -0.39 is 0 Å². The molecule has 5 rings (SSSR count). The van der Waals surface area contributed by atoms with Gasteiger partial charge in [-0.2, -0.15) is 0 Å². The normalized spacial score (nSPS) is 14.2. The Balaban J connectivity index is 1.72. The van der Waals surface area contributed by atoms with E-state index in [0.29, 0.717) is 5.92 Å². The molecule has 2 nitrogen and oxygen atoms in total. The van der Waals surface area contributed by atoms with Crippen LogP contribution < -0.4 is 0 Å². The van der Waals surface area contributed by atoms with Crippen LogP contribution in [0, 0.1) is 18.9 Å². The van der Waals surface area contributed by atoms with Crippen molar-refractivity contribution in [3.05, 3.63) is 102 Å². The van der Waals surface area contributed by atoms with E-state index in [-0.39, 0.29) is 0 Å². The lowest BCUT2D eigenvalue weighted by atomic mass is 9.91. The SMILES string of the molecule is C=[N+]1C=CC(C(C)C)=C[C-]1c1c(C)ccc2c1[o+][c-]1cc(-c3ccccc3)ccc21. The molecule has 0 unspecified atom stereocenters. The number of hydrogen-bond donors (Lipinski definition) is 0. The number of furan rings is 1. The third kappa shape index (κ3) is 2.96. The van der Waals surface area contributed by atoms with Gasteiger partial charge in [0.25, 0.3) is 11.2 Å². The lowest BCUT2D eigenvalue weighted by molar-refractivity contribution is -0.418. The van der Waals surface area contributed by atoms with E-state index in [9.17, 15) is 0 Å². The second kappa shape index (κ2) is 7.07. The molecule has 2 heterocycles. The molecule has 0 spiro atoms. The quantitative estimate of drug-likeness (QED) is 0.204. The smallest absolute Gasteiger partial charge is 0.279 e. The van der Waals surface area contributed by atoms with Gasteiger partial charge < -0.3 is 0 Å². The van der Waals surface area contributed by atoms with Crippen molar-refractivity contribution in [3.8, 4) is 11.1 Å². The summed E-state index contributed by atoms with van der Waals surface area (Å²) in [4.78, 5) is 0. The summed E-state index contributed by atoms with van der Waals surface area (Å²) in [6, 6.07) is 22.3. The third-order valence-corrected chi connectivity index (χ3v) is 5.94. The van der Waals surface area contributed by atoms with Crippen molar-refractivity contribution < 1.29 is 8.99 Å². The molecule has 0 bridgehead atoms. The van der Waals surface area contributed by atoms with Crippen molar-refractivity contribution in [2.75, 3.05) is 0 Å². The zero-order valence-electron chi connectivity index (χ0n) is 17.6. The standard InChI is InChI=1S/C28H25NO/c1-18(2)21-14-15-29(4)25(16-21)27-19(3)10-12-24-23-13-11-22(17-26(23)30-28(24)27)20-8-6-5-7-9-20/h5-18H,4H2,1-3H3. The van der Waals surface area contributed by atoms with Crippen LogP contribution in [0.5, 0.6) is 0 Å². The Hall–Kier alpha value is -3.52. The zero-order chi connectivity index (χ0) is 20.8. The predicted molar refractivity (Wildman–Crippen MR) is 126 cm³/mol. The summed E-state index contributed by atoms with van der Waals surface area (Å²) in [5.41, 5.74) is 7.78. The highest BCUT2D eigenvalue weighted by atomic mass is 16.3. The van der Waals surface area contributed by atoms with Crippen molar-refractivity contribution in [2.45, 2.75) is 20.8 Å². The van der Waals surface area contributed by atoms with Crippen molar-refractivity contribution in [3.63, 3.8) is 0 Å². The molecule has 0 saturated carbocycles. The van der Waals surface area contributed by atoms with Crippen LogP contribution in [0.3, 0.4) is 0 Å². The maximum Gasteiger partial charge on any atom is 0.279 e. The van der Waals surface area contributed by atoms with Crippen molar-refractivity contribution in [1.82, 2.24) is 0 Å². The topological polar surface area (TPSA) is 14.3 Å². The molecule has 30 heavy (non-hydrogen) atoms. The Morgan fingerprint density at radius 2 is 1.77 bits per heavy atom. The van der Waals surface area contributed by atoms with Gasteiger partial charge >= 0.3 is 0 Å².